The number of hydrogen-bond acceptors (Lipinski definition) is 6. The van der Waals surface area contributed by atoms with Crippen molar-refractivity contribution in [3.8, 4) is 0 Å². The Morgan fingerprint density at radius 3 is 2.59 bits per heavy atom. The maximum atomic E-state index is 12.2. The Morgan fingerprint density at radius 2 is 1.95 bits per heavy atom. The van der Waals surface area contributed by atoms with Gasteiger partial charge in [-0.2, -0.15) is 0 Å². The highest BCUT2D eigenvalue weighted by molar-refractivity contribution is 6.37. The highest BCUT2D eigenvalue weighted by atomic mass is 16.5. The average molecular weight is 306 g/mol. The van der Waals surface area contributed by atoms with Crippen molar-refractivity contribution in [3.05, 3.63) is 33.1 Å². The first kappa shape index (κ1) is 15.4. The molecule has 0 aliphatic heterocycles. The monoisotopic (exact) mass is 306 g/mol. The van der Waals surface area contributed by atoms with Crippen LogP contribution in [0.1, 0.15) is 6.92 Å². The number of anilines is 1. The van der Waals surface area contributed by atoms with Gasteiger partial charge in [0.25, 0.3) is 5.56 Å². The van der Waals surface area contributed by atoms with Crippen molar-refractivity contribution < 1.29 is 14.3 Å². The summed E-state index contributed by atoms with van der Waals surface area (Å²) in [5.74, 6) is -2.07. The van der Waals surface area contributed by atoms with Crippen LogP contribution in [0.5, 0.6) is 0 Å². The molecule has 0 saturated heterocycles. The summed E-state index contributed by atoms with van der Waals surface area (Å²) in [6.45, 7) is 1.62. The maximum Gasteiger partial charge on any atom is 0.397 e. The molecule has 22 heavy (non-hydrogen) atoms. The van der Waals surface area contributed by atoms with Crippen molar-refractivity contribution in [2.75, 3.05) is 11.9 Å². The van der Waals surface area contributed by atoms with E-state index in [0.717, 1.165) is 4.57 Å². The van der Waals surface area contributed by atoms with Gasteiger partial charge in [0.05, 0.1) is 12.3 Å². The molecular formula is C13H14N4O5. The molecule has 9 nitrogen and oxygen atoms in total. The lowest BCUT2D eigenvalue weighted by molar-refractivity contribution is -0.152. The molecule has 0 unspecified atom stereocenters. The molecule has 116 valence electrons. The molecule has 2 aromatic rings. The molecule has 1 N–H and O–H groups in total. The fraction of sp³-hybridized carbons (Fsp3) is 0.308. The second-order valence-corrected chi connectivity index (χ2v) is 4.44. The number of pyridine rings is 1. The number of rotatable bonds is 2. The zero-order chi connectivity index (χ0) is 16.4. The van der Waals surface area contributed by atoms with Gasteiger partial charge in [0.15, 0.2) is 5.65 Å². The topological polar surface area (TPSA) is 112 Å². The van der Waals surface area contributed by atoms with Crippen molar-refractivity contribution in [2.45, 2.75) is 6.92 Å². The lowest BCUT2D eigenvalue weighted by atomic mass is 10.2. The minimum Gasteiger partial charge on any atom is -0.459 e. The average Bonchev–Trinajstić information content (AvgIpc) is 2.50. The van der Waals surface area contributed by atoms with Crippen LogP contribution >= 0.6 is 0 Å². The fourth-order valence-corrected chi connectivity index (χ4v) is 1.96. The van der Waals surface area contributed by atoms with Crippen LogP contribution in [-0.4, -0.2) is 32.6 Å². The van der Waals surface area contributed by atoms with E-state index in [4.69, 9.17) is 0 Å². The first-order valence-corrected chi connectivity index (χ1v) is 6.41. The van der Waals surface area contributed by atoms with Gasteiger partial charge in [-0.3, -0.25) is 18.7 Å². The number of aryl methyl sites for hydroxylation is 1. The zero-order valence-electron chi connectivity index (χ0n) is 12.2. The number of nitrogens with one attached hydrogen (secondary N) is 1. The summed E-state index contributed by atoms with van der Waals surface area (Å²) in [6, 6.07) is 1.37. The quantitative estimate of drug-likeness (QED) is 0.570. The molecule has 2 rings (SSSR count). The van der Waals surface area contributed by atoms with Crippen LogP contribution in [0.2, 0.25) is 0 Å². The van der Waals surface area contributed by atoms with E-state index in [2.05, 4.69) is 15.0 Å². The first-order chi connectivity index (χ1) is 10.4. The Hall–Kier alpha value is -2.97. The molecule has 0 aliphatic rings. The second-order valence-electron chi connectivity index (χ2n) is 4.44. The van der Waals surface area contributed by atoms with Crippen molar-refractivity contribution in [3.63, 3.8) is 0 Å². The lowest BCUT2D eigenvalue weighted by Crippen LogP contribution is -2.38. The van der Waals surface area contributed by atoms with Crippen molar-refractivity contribution >= 4 is 28.6 Å². The van der Waals surface area contributed by atoms with Gasteiger partial charge >= 0.3 is 17.6 Å². The number of nitrogens with zero attached hydrogens (tertiary/aromatic N) is 3. The summed E-state index contributed by atoms with van der Waals surface area (Å²) >= 11 is 0. The number of amides is 1. The fourth-order valence-electron chi connectivity index (χ4n) is 1.96. The Labute approximate surface area is 124 Å². The number of ether oxygens (including phenoxy) is 1. The maximum absolute atomic E-state index is 12.2. The summed E-state index contributed by atoms with van der Waals surface area (Å²) in [4.78, 5) is 51.1. The van der Waals surface area contributed by atoms with E-state index in [1.807, 2.05) is 0 Å². The Balaban J connectivity index is 2.62. The third-order valence-corrected chi connectivity index (χ3v) is 3.05. The Kier molecular flexibility index (Phi) is 4.06. The van der Waals surface area contributed by atoms with Crippen LogP contribution in [0, 0.1) is 0 Å². The van der Waals surface area contributed by atoms with Crippen LogP contribution in [-0.2, 0) is 28.4 Å². The molecule has 2 aromatic heterocycles. The molecule has 0 bridgehead atoms. The lowest BCUT2D eigenvalue weighted by Gasteiger charge is -2.10. The van der Waals surface area contributed by atoms with Crippen LogP contribution < -0.4 is 16.6 Å². The SMILES string of the molecule is CCOC(=O)C(=O)Nc1ccnc2c1c(=O)n(C)c(=O)n2C. The minimum absolute atomic E-state index is 0.0322. The van der Waals surface area contributed by atoms with E-state index < -0.39 is 23.1 Å². The molecule has 2 heterocycles. The number of hydrogen-bond donors (Lipinski definition) is 1. The van der Waals surface area contributed by atoms with Gasteiger partial charge in [0.1, 0.15) is 5.39 Å². The van der Waals surface area contributed by atoms with Crippen LogP contribution in [0.3, 0.4) is 0 Å². The number of carbonyl (C=O) groups is 2. The molecule has 1 amide bonds. The largest absolute Gasteiger partial charge is 0.459 e. The van der Waals surface area contributed by atoms with Crippen molar-refractivity contribution in [1.82, 2.24) is 14.1 Å². The van der Waals surface area contributed by atoms with Crippen molar-refractivity contribution in [1.29, 1.82) is 0 Å². The van der Waals surface area contributed by atoms with Gasteiger partial charge in [0, 0.05) is 20.3 Å². The molecule has 0 radical (unpaired) electrons. The van der Waals surface area contributed by atoms with Crippen molar-refractivity contribution in [2.24, 2.45) is 14.1 Å². The normalized spacial score (nSPS) is 10.5. The number of aromatic nitrogens is 3. The molecule has 0 spiro atoms. The molecule has 0 saturated carbocycles. The molecule has 0 aromatic carbocycles. The van der Waals surface area contributed by atoms with Crippen LogP contribution in [0.25, 0.3) is 11.0 Å². The Bertz CT molecular complexity index is 880. The van der Waals surface area contributed by atoms with E-state index >= 15 is 0 Å². The van der Waals surface area contributed by atoms with E-state index in [9.17, 15) is 19.2 Å². The predicted octanol–water partition coefficient (Wildman–Crippen LogP) is -0.866. The van der Waals surface area contributed by atoms with Gasteiger partial charge in [-0.05, 0) is 13.0 Å². The van der Waals surface area contributed by atoms with E-state index in [-0.39, 0.29) is 23.3 Å². The Morgan fingerprint density at radius 1 is 1.27 bits per heavy atom. The summed E-state index contributed by atoms with van der Waals surface area (Å²) in [6.07, 6.45) is 1.32. The third-order valence-electron chi connectivity index (χ3n) is 3.05. The first-order valence-electron chi connectivity index (χ1n) is 6.41. The van der Waals surface area contributed by atoms with Gasteiger partial charge in [0.2, 0.25) is 0 Å². The minimum atomic E-state index is -1.06. The van der Waals surface area contributed by atoms with E-state index in [1.165, 1.54) is 30.9 Å². The number of fused-ring (bicyclic) bond motifs is 1. The van der Waals surface area contributed by atoms with Gasteiger partial charge in [-0.25, -0.2) is 14.6 Å². The van der Waals surface area contributed by atoms with E-state index in [0.29, 0.717) is 0 Å². The van der Waals surface area contributed by atoms with Gasteiger partial charge < -0.3 is 10.1 Å². The zero-order valence-corrected chi connectivity index (χ0v) is 12.2. The number of esters is 1. The van der Waals surface area contributed by atoms with Crippen LogP contribution in [0.4, 0.5) is 5.69 Å². The van der Waals surface area contributed by atoms with E-state index in [1.54, 1.807) is 6.92 Å². The van der Waals surface area contributed by atoms with Gasteiger partial charge in [-0.15, -0.1) is 0 Å². The summed E-state index contributed by atoms with van der Waals surface area (Å²) in [7, 11) is 2.77. The predicted molar refractivity (Wildman–Crippen MR) is 77.5 cm³/mol. The standard InChI is InChI=1S/C13H14N4O5/c1-4-22-12(20)10(18)15-7-5-6-14-9-8(7)11(19)17(3)13(21)16(9)2/h5-6H,4H2,1-3H3,(H,14,15,18). The number of carbonyl (C=O) groups excluding carboxylic acids is 2. The third kappa shape index (κ3) is 2.48. The highest BCUT2D eigenvalue weighted by Gasteiger charge is 2.19. The smallest absolute Gasteiger partial charge is 0.397 e. The highest BCUT2D eigenvalue weighted by Crippen LogP contribution is 2.16. The second kappa shape index (κ2) is 5.80. The van der Waals surface area contributed by atoms with Gasteiger partial charge in [-0.1, -0.05) is 0 Å². The summed E-state index contributed by atoms with van der Waals surface area (Å²) in [5.41, 5.74) is -0.974. The molecule has 0 fully saturated rings. The summed E-state index contributed by atoms with van der Waals surface area (Å²) in [5, 5.41) is 2.33. The van der Waals surface area contributed by atoms with Crippen LogP contribution in [0.15, 0.2) is 21.9 Å². The summed E-state index contributed by atoms with van der Waals surface area (Å²) < 4.78 is 6.65. The molecular weight excluding hydrogens is 292 g/mol. The molecule has 9 heteroatoms. The molecule has 0 aliphatic carbocycles. The molecule has 0 atom stereocenters.